The molecule has 2 fully saturated rings. The van der Waals surface area contributed by atoms with E-state index in [1.54, 1.807) is 0 Å². The Morgan fingerprint density at radius 3 is 2.72 bits per heavy atom. The molecule has 4 heteroatoms. The van der Waals surface area contributed by atoms with Gasteiger partial charge in [-0.05, 0) is 70.7 Å². The van der Waals surface area contributed by atoms with Crippen LogP contribution >= 0.6 is 0 Å². The Morgan fingerprint density at radius 1 is 1.22 bits per heavy atom. The summed E-state index contributed by atoms with van der Waals surface area (Å²) in [6.07, 6.45) is 6.93. The van der Waals surface area contributed by atoms with Crippen molar-refractivity contribution in [2.75, 3.05) is 32.7 Å². The van der Waals surface area contributed by atoms with Crippen LogP contribution in [0, 0.1) is 11.8 Å². The first kappa shape index (κ1) is 13.8. The second-order valence-electron chi connectivity index (χ2n) is 5.74. The molecule has 0 aromatic heterocycles. The number of nitrogens with one attached hydrogen (secondary N) is 1. The summed E-state index contributed by atoms with van der Waals surface area (Å²) < 4.78 is 0. The van der Waals surface area contributed by atoms with Crippen LogP contribution in [-0.2, 0) is 4.79 Å². The van der Waals surface area contributed by atoms with Crippen LogP contribution in [0.1, 0.15) is 38.5 Å². The molecule has 1 aliphatic heterocycles. The summed E-state index contributed by atoms with van der Waals surface area (Å²) >= 11 is 0. The minimum absolute atomic E-state index is 0.101. The maximum atomic E-state index is 11.0. The van der Waals surface area contributed by atoms with E-state index in [-0.39, 0.29) is 5.92 Å². The van der Waals surface area contributed by atoms with Crippen molar-refractivity contribution < 1.29 is 9.90 Å². The van der Waals surface area contributed by atoms with Crippen molar-refractivity contribution in [2.45, 2.75) is 38.5 Å². The van der Waals surface area contributed by atoms with Crippen molar-refractivity contribution in [1.29, 1.82) is 0 Å². The molecule has 0 spiro atoms. The topological polar surface area (TPSA) is 52.6 Å². The first-order chi connectivity index (χ1) is 8.77. The number of aliphatic carboxylic acids is 1. The fraction of sp³-hybridized carbons (Fsp3) is 0.929. The Bertz CT molecular complexity index is 265. The minimum Gasteiger partial charge on any atom is -0.481 e. The van der Waals surface area contributed by atoms with Crippen LogP contribution in [0.3, 0.4) is 0 Å². The van der Waals surface area contributed by atoms with Crippen LogP contribution in [0.5, 0.6) is 0 Å². The van der Waals surface area contributed by atoms with Crippen LogP contribution in [0.25, 0.3) is 0 Å². The van der Waals surface area contributed by atoms with Crippen LogP contribution in [-0.4, -0.2) is 48.7 Å². The highest BCUT2D eigenvalue weighted by atomic mass is 16.4. The Labute approximate surface area is 110 Å². The fourth-order valence-corrected chi connectivity index (χ4v) is 3.33. The van der Waals surface area contributed by atoms with E-state index < -0.39 is 5.97 Å². The average Bonchev–Trinajstić information content (AvgIpc) is 2.98. The lowest BCUT2D eigenvalue weighted by atomic mass is 9.96. The monoisotopic (exact) mass is 254 g/mol. The zero-order valence-electron chi connectivity index (χ0n) is 11.2. The predicted octanol–water partition coefficient (Wildman–Crippen LogP) is 1.56. The van der Waals surface area contributed by atoms with Gasteiger partial charge in [0.15, 0.2) is 0 Å². The van der Waals surface area contributed by atoms with Crippen molar-refractivity contribution in [3.8, 4) is 0 Å². The maximum absolute atomic E-state index is 11.0. The summed E-state index contributed by atoms with van der Waals surface area (Å²) in [5, 5.41) is 12.5. The largest absolute Gasteiger partial charge is 0.481 e. The predicted molar refractivity (Wildman–Crippen MR) is 71.6 cm³/mol. The standard InChI is InChI=1S/C14H26N2O2/c17-14(18)13-6-3-5-12(13)11-15-7-4-10-16-8-1-2-9-16/h12-13,15H,1-11H2,(H,17,18). The third-order valence-electron chi connectivity index (χ3n) is 4.41. The van der Waals surface area contributed by atoms with Crippen LogP contribution in [0.15, 0.2) is 0 Å². The SMILES string of the molecule is O=C(O)C1CCCC1CNCCCN1CCCC1. The molecule has 104 valence electrons. The summed E-state index contributed by atoms with van der Waals surface area (Å²) in [6.45, 7) is 5.64. The third-order valence-corrected chi connectivity index (χ3v) is 4.41. The van der Waals surface area contributed by atoms with Gasteiger partial charge in [0.25, 0.3) is 0 Å². The van der Waals surface area contributed by atoms with Gasteiger partial charge in [-0.25, -0.2) is 0 Å². The van der Waals surface area contributed by atoms with Crippen molar-refractivity contribution in [2.24, 2.45) is 11.8 Å². The molecule has 1 saturated carbocycles. The number of carbonyl (C=O) groups is 1. The van der Waals surface area contributed by atoms with E-state index in [1.807, 2.05) is 0 Å². The molecule has 0 bridgehead atoms. The van der Waals surface area contributed by atoms with E-state index >= 15 is 0 Å². The van der Waals surface area contributed by atoms with Gasteiger partial charge in [-0.3, -0.25) is 4.79 Å². The fourth-order valence-electron chi connectivity index (χ4n) is 3.33. The number of rotatable bonds is 7. The summed E-state index contributed by atoms with van der Waals surface area (Å²) in [4.78, 5) is 13.6. The number of hydrogen-bond donors (Lipinski definition) is 2. The molecule has 2 atom stereocenters. The highest BCUT2D eigenvalue weighted by Crippen LogP contribution is 2.31. The van der Waals surface area contributed by atoms with Gasteiger partial charge in [-0.1, -0.05) is 6.42 Å². The second-order valence-corrected chi connectivity index (χ2v) is 5.74. The Morgan fingerprint density at radius 2 is 2.00 bits per heavy atom. The van der Waals surface area contributed by atoms with Gasteiger partial charge >= 0.3 is 5.97 Å². The molecule has 0 radical (unpaired) electrons. The van der Waals surface area contributed by atoms with E-state index in [4.69, 9.17) is 5.11 Å². The molecule has 4 nitrogen and oxygen atoms in total. The van der Waals surface area contributed by atoms with E-state index in [9.17, 15) is 4.79 Å². The maximum Gasteiger partial charge on any atom is 0.306 e. The van der Waals surface area contributed by atoms with E-state index in [0.717, 1.165) is 32.4 Å². The first-order valence-corrected chi connectivity index (χ1v) is 7.43. The lowest BCUT2D eigenvalue weighted by Gasteiger charge is -2.17. The van der Waals surface area contributed by atoms with Crippen molar-refractivity contribution in [1.82, 2.24) is 10.2 Å². The Balaban J connectivity index is 1.53. The normalized spacial score (nSPS) is 28.9. The summed E-state index contributed by atoms with van der Waals surface area (Å²) in [5.74, 6) is -0.346. The molecular formula is C14H26N2O2. The molecule has 2 rings (SSSR count). The molecule has 2 unspecified atom stereocenters. The summed E-state index contributed by atoms with van der Waals surface area (Å²) in [7, 11) is 0. The van der Waals surface area contributed by atoms with Crippen LogP contribution < -0.4 is 5.32 Å². The van der Waals surface area contributed by atoms with Crippen molar-refractivity contribution in [3.63, 3.8) is 0 Å². The molecule has 2 N–H and O–H groups in total. The molecular weight excluding hydrogens is 228 g/mol. The lowest BCUT2D eigenvalue weighted by molar-refractivity contribution is -0.142. The molecule has 0 aromatic carbocycles. The number of hydrogen-bond acceptors (Lipinski definition) is 3. The number of carboxylic acid groups (broad SMARTS) is 1. The van der Waals surface area contributed by atoms with Gasteiger partial charge in [-0.2, -0.15) is 0 Å². The second kappa shape index (κ2) is 7.10. The van der Waals surface area contributed by atoms with Crippen LogP contribution in [0.2, 0.25) is 0 Å². The van der Waals surface area contributed by atoms with Gasteiger partial charge in [0, 0.05) is 0 Å². The molecule has 1 heterocycles. The minimum atomic E-state index is -0.601. The van der Waals surface area contributed by atoms with E-state index in [1.165, 1.54) is 38.9 Å². The van der Waals surface area contributed by atoms with Crippen LogP contribution in [0.4, 0.5) is 0 Å². The summed E-state index contributed by atoms with van der Waals surface area (Å²) in [5.41, 5.74) is 0. The van der Waals surface area contributed by atoms with Gasteiger partial charge in [0.1, 0.15) is 0 Å². The van der Waals surface area contributed by atoms with Gasteiger partial charge < -0.3 is 15.3 Å². The zero-order valence-corrected chi connectivity index (χ0v) is 11.2. The Hall–Kier alpha value is -0.610. The van der Waals surface area contributed by atoms with Gasteiger partial charge in [-0.15, -0.1) is 0 Å². The van der Waals surface area contributed by atoms with Gasteiger partial charge in [0.2, 0.25) is 0 Å². The smallest absolute Gasteiger partial charge is 0.306 e. The molecule has 1 aliphatic carbocycles. The summed E-state index contributed by atoms with van der Waals surface area (Å²) in [6, 6.07) is 0. The van der Waals surface area contributed by atoms with E-state index in [0.29, 0.717) is 5.92 Å². The van der Waals surface area contributed by atoms with Gasteiger partial charge in [0.05, 0.1) is 5.92 Å². The van der Waals surface area contributed by atoms with Crippen molar-refractivity contribution >= 4 is 5.97 Å². The Kier molecular flexibility index (Phi) is 5.45. The highest BCUT2D eigenvalue weighted by Gasteiger charge is 2.32. The van der Waals surface area contributed by atoms with E-state index in [2.05, 4.69) is 10.2 Å². The number of nitrogens with zero attached hydrogens (tertiary/aromatic N) is 1. The molecule has 0 amide bonds. The third kappa shape index (κ3) is 3.95. The average molecular weight is 254 g/mol. The number of carboxylic acids is 1. The number of likely N-dealkylation sites (tertiary alicyclic amines) is 1. The highest BCUT2D eigenvalue weighted by molar-refractivity contribution is 5.70. The molecule has 1 saturated heterocycles. The molecule has 0 aromatic rings. The quantitative estimate of drug-likeness (QED) is 0.677. The van der Waals surface area contributed by atoms with Crippen molar-refractivity contribution in [3.05, 3.63) is 0 Å². The zero-order chi connectivity index (χ0) is 12.8. The molecule has 18 heavy (non-hydrogen) atoms. The first-order valence-electron chi connectivity index (χ1n) is 7.43. The lowest BCUT2D eigenvalue weighted by Crippen LogP contribution is -2.31. The molecule has 2 aliphatic rings.